The molecule has 24 heavy (non-hydrogen) atoms. The number of rotatable bonds is 6. The first-order chi connectivity index (χ1) is 11.7. The number of aryl methyl sites for hydroxylation is 1. The summed E-state index contributed by atoms with van der Waals surface area (Å²) in [5.41, 5.74) is 1.90. The average molecular weight is 347 g/mol. The standard InChI is InChI=1S/C17H21N3O3S/c1-13-19-15(12-24-13)11-23-16-4-3-14(9-17(16)21-2)10-18-20-5-7-22-8-6-20/h3-4,9-10,12H,5-8,11H2,1-2H3/b18-10+. The van der Waals surface area contributed by atoms with Crippen LogP contribution in [-0.4, -0.2) is 49.6 Å². The van der Waals surface area contributed by atoms with Gasteiger partial charge in [0.2, 0.25) is 0 Å². The van der Waals surface area contributed by atoms with Crippen molar-refractivity contribution in [3.63, 3.8) is 0 Å². The number of hydrogen-bond acceptors (Lipinski definition) is 7. The third-order valence-electron chi connectivity index (χ3n) is 3.59. The predicted molar refractivity (Wildman–Crippen MR) is 94.2 cm³/mol. The van der Waals surface area contributed by atoms with Gasteiger partial charge in [0.05, 0.1) is 50.3 Å². The molecule has 0 bridgehead atoms. The van der Waals surface area contributed by atoms with Gasteiger partial charge < -0.3 is 14.2 Å². The van der Waals surface area contributed by atoms with Crippen LogP contribution in [0.15, 0.2) is 28.7 Å². The minimum Gasteiger partial charge on any atom is -0.493 e. The lowest BCUT2D eigenvalue weighted by molar-refractivity contribution is 0.0397. The van der Waals surface area contributed by atoms with Gasteiger partial charge in [0.1, 0.15) is 6.61 Å². The van der Waals surface area contributed by atoms with E-state index in [1.165, 1.54) is 0 Å². The second-order valence-corrected chi connectivity index (χ2v) is 6.43. The molecule has 0 spiro atoms. The molecule has 0 aliphatic carbocycles. The Morgan fingerprint density at radius 2 is 2.17 bits per heavy atom. The van der Waals surface area contributed by atoms with E-state index in [4.69, 9.17) is 14.2 Å². The van der Waals surface area contributed by atoms with Crippen molar-refractivity contribution in [2.75, 3.05) is 33.4 Å². The van der Waals surface area contributed by atoms with E-state index < -0.39 is 0 Å². The molecule has 3 rings (SSSR count). The van der Waals surface area contributed by atoms with Crippen LogP contribution in [0, 0.1) is 6.92 Å². The Labute approximate surface area is 145 Å². The lowest BCUT2D eigenvalue weighted by atomic mass is 10.2. The van der Waals surface area contributed by atoms with E-state index in [1.807, 2.05) is 41.7 Å². The largest absolute Gasteiger partial charge is 0.493 e. The fraction of sp³-hybridized carbons (Fsp3) is 0.412. The van der Waals surface area contributed by atoms with Crippen molar-refractivity contribution in [2.45, 2.75) is 13.5 Å². The van der Waals surface area contributed by atoms with Crippen LogP contribution in [0.3, 0.4) is 0 Å². The van der Waals surface area contributed by atoms with E-state index in [0.29, 0.717) is 18.1 Å². The summed E-state index contributed by atoms with van der Waals surface area (Å²) in [5, 5.41) is 9.53. The van der Waals surface area contributed by atoms with Gasteiger partial charge >= 0.3 is 0 Å². The summed E-state index contributed by atoms with van der Waals surface area (Å²) in [6, 6.07) is 5.79. The highest BCUT2D eigenvalue weighted by Crippen LogP contribution is 2.28. The first kappa shape index (κ1) is 16.7. The van der Waals surface area contributed by atoms with Crippen molar-refractivity contribution in [2.24, 2.45) is 5.10 Å². The zero-order valence-electron chi connectivity index (χ0n) is 13.9. The van der Waals surface area contributed by atoms with Crippen LogP contribution in [0.2, 0.25) is 0 Å². The molecule has 0 saturated carbocycles. The van der Waals surface area contributed by atoms with Gasteiger partial charge in [0.25, 0.3) is 0 Å². The summed E-state index contributed by atoms with van der Waals surface area (Å²) in [5.74, 6) is 1.39. The van der Waals surface area contributed by atoms with Gasteiger partial charge in [-0.2, -0.15) is 5.10 Å². The first-order valence-electron chi connectivity index (χ1n) is 7.83. The second kappa shape index (κ2) is 8.12. The van der Waals surface area contributed by atoms with E-state index in [0.717, 1.165) is 42.6 Å². The Bertz CT molecular complexity index is 696. The Balaban J connectivity index is 1.64. The molecule has 128 valence electrons. The predicted octanol–water partition coefficient (Wildman–Crippen LogP) is 2.71. The fourth-order valence-electron chi connectivity index (χ4n) is 2.33. The molecule has 0 amide bonds. The molecule has 1 saturated heterocycles. The van der Waals surface area contributed by atoms with Gasteiger partial charge in [0.15, 0.2) is 11.5 Å². The Kier molecular flexibility index (Phi) is 5.66. The Hall–Kier alpha value is -2.12. The number of ether oxygens (including phenoxy) is 3. The highest BCUT2D eigenvalue weighted by molar-refractivity contribution is 7.09. The molecule has 6 nitrogen and oxygen atoms in total. The van der Waals surface area contributed by atoms with Crippen molar-refractivity contribution >= 4 is 17.6 Å². The zero-order valence-corrected chi connectivity index (χ0v) is 14.7. The van der Waals surface area contributed by atoms with Gasteiger partial charge in [-0.25, -0.2) is 4.98 Å². The third-order valence-corrected chi connectivity index (χ3v) is 4.41. The molecule has 1 aromatic heterocycles. The molecular weight excluding hydrogens is 326 g/mol. The maximum atomic E-state index is 5.82. The number of hydrazone groups is 1. The van der Waals surface area contributed by atoms with E-state index in [2.05, 4.69) is 10.1 Å². The molecule has 1 aliphatic rings. The van der Waals surface area contributed by atoms with E-state index in [1.54, 1.807) is 18.4 Å². The second-order valence-electron chi connectivity index (χ2n) is 5.37. The summed E-state index contributed by atoms with van der Waals surface area (Å²) in [6.45, 7) is 5.51. The molecule has 0 radical (unpaired) electrons. The lowest BCUT2D eigenvalue weighted by Gasteiger charge is -2.23. The molecular formula is C17H21N3O3S. The highest BCUT2D eigenvalue weighted by Gasteiger charge is 2.09. The van der Waals surface area contributed by atoms with Crippen LogP contribution in [0.5, 0.6) is 11.5 Å². The van der Waals surface area contributed by atoms with Gasteiger partial charge in [-0.05, 0) is 30.7 Å². The third kappa shape index (κ3) is 4.46. The molecule has 2 aromatic rings. The summed E-state index contributed by atoms with van der Waals surface area (Å²) in [7, 11) is 1.64. The van der Waals surface area contributed by atoms with Gasteiger partial charge in [0, 0.05) is 5.38 Å². The molecule has 7 heteroatoms. The van der Waals surface area contributed by atoms with Gasteiger partial charge in [-0.3, -0.25) is 5.01 Å². The van der Waals surface area contributed by atoms with Crippen molar-refractivity contribution in [1.82, 2.24) is 9.99 Å². The first-order valence-corrected chi connectivity index (χ1v) is 8.71. The molecule has 2 heterocycles. The Morgan fingerprint density at radius 3 is 2.88 bits per heavy atom. The highest BCUT2D eigenvalue weighted by atomic mass is 32.1. The number of aromatic nitrogens is 1. The molecule has 0 atom stereocenters. The van der Waals surface area contributed by atoms with Crippen molar-refractivity contribution in [1.29, 1.82) is 0 Å². The summed E-state index contributed by atoms with van der Waals surface area (Å²) in [4.78, 5) is 4.40. The van der Waals surface area contributed by atoms with Crippen LogP contribution in [0.4, 0.5) is 0 Å². The lowest BCUT2D eigenvalue weighted by Crippen LogP contribution is -2.32. The zero-order chi connectivity index (χ0) is 16.8. The SMILES string of the molecule is COc1cc(/C=N/N2CCOCC2)ccc1OCc1csc(C)n1. The number of morpholine rings is 1. The average Bonchev–Trinajstić information content (AvgIpc) is 3.04. The minimum atomic E-state index is 0.432. The number of hydrogen-bond donors (Lipinski definition) is 0. The maximum absolute atomic E-state index is 5.82. The van der Waals surface area contributed by atoms with Crippen LogP contribution in [0.1, 0.15) is 16.3 Å². The Morgan fingerprint density at radius 1 is 1.33 bits per heavy atom. The molecule has 1 aromatic carbocycles. The van der Waals surface area contributed by atoms with E-state index in [9.17, 15) is 0 Å². The molecule has 1 aliphatic heterocycles. The van der Waals surface area contributed by atoms with Gasteiger partial charge in [-0.1, -0.05) is 0 Å². The monoisotopic (exact) mass is 347 g/mol. The molecule has 0 unspecified atom stereocenters. The number of thiazole rings is 1. The van der Waals surface area contributed by atoms with E-state index in [-0.39, 0.29) is 0 Å². The van der Waals surface area contributed by atoms with E-state index >= 15 is 0 Å². The van der Waals surface area contributed by atoms with Crippen molar-refractivity contribution in [3.8, 4) is 11.5 Å². The molecule has 0 N–H and O–H groups in total. The maximum Gasteiger partial charge on any atom is 0.161 e. The number of nitrogens with zero attached hydrogens (tertiary/aromatic N) is 3. The van der Waals surface area contributed by atoms with Crippen LogP contribution < -0.4 is 9.47 Å². The summed E-state index contributed by atoms with van der Waals surface area (Å²) < 4.78 is 16.6. The van der Waals surface area contributed by atoms with Crippen LogP contribution in [-0.2, 0) is 11.3 Å². The quantitative estimate of drug-likeness (QED) is 0.752. The number of methoxy groups -OCH3 is 1. The number of benzene rings is 1. The minimum absolute atomic E-state index is 0.432. The summed E-state index contributed by atoms with van der Waals surface area (Å²) >= 11 is 1.62. The summed E-state index contributed by atoms with van der Waals surface area (Å²) in [6.07, 6.45) is 1.83. The van der Waals surface area contributed by atoms with Gasteiger partial charge in [-0.15, -0.1) is 11.3 Å². The topological polar surface area (TPSA) is 56.2 Å². The van der Waals surface area contributed by atoms with Crippen molar-refractivity contribution < 1.29 is 14.2 Å². The fourth-order valence-corrected chi connectivity index (χ4v) is 2.92. The van der Waals surface area contributed by atoms with Crippen LogP contribution >= 0.6 is 11.3 Å². The normalized spacial score (nSPS) is 15.0. The molecule has 1 fully saturated rings. The van der Waals surface area contributed by atoms with Crippen molar-refractivity contribution in [3.05, 3.63) is 39.8 Å². The smallest absolute Gasteiger partial charge is 0.161 e. The van der Waals surface area contributed by atoms with Crippen LogP contribution in [0.25, 0.3) is 0 Å².